The van der Waals surface area contributed by atoms with E-state index in [0.29, 0.717) is 5.92 Å². The third kappa shape index (κ3) is 2.21. The van der Waals surface area contributed by atoms with Crippen LogP contribution in [-0.4, -0.2) is 27.8 Å². The number of rotatable bonds is 2. The maximum atomic E-state index is 5.38. The minimum absolute atomic E-state index is 0.676. The van der Waals surface area contributed by atoms with Gasteiger partial charge in [-0.3, -0.25) is 4.40 Å². The third-order valence-electron chi connectivity index (χ3n) is 3.27. The molecule has 2 aromatic rings. The zero-order valence-electron chi connectivity index (χ0n) is 9.47. The number of hydrogen-bond donors (Lipinski definition) is 0. The minimum atomic E-state index is 0.676. The molecule has 0 aliphatic carbocycles. The molecule has 1 aliphatic heterocycles. The van der Waals surface area contributed by atoms with Gasteiger partial charge in [-0.1, -0.05) is 0 Å². The van der Waals surface area contributed by atoms with E-state index in [1.54, 1.807) is 0 Å². The van der Waals surface area contributed by atoms with Crippen LogP contribution in [0.1, 0.15) is 18.7 Å². The summed E-state index contributed by atoms with van der Waals surface area (Å²) in [6.45, 7) is 1.76. The Bertz CT molecular complexity index is 519. The second-order valence-electron chi connectivity index (χ2n) is 4.43. The molecule has 4 nitrogen and oxygen atoms in total. The maximum absolute atomic E-state index is 5.38. The lowest BCUT2D eigenvalue weighted by Gasteiger charge is -2.20. The Balaban J connectivity index is 1.87. The molecule has 5 heteroatoms. The van der Waals surface area contributed by atoms with Crippen molar-refractivity contribution < 1.29 is 4.74 Å². The Morgan fingerprint density at radius 3 is 3.00 bits per heavy atom. The molecule has 0 unspecified atom stereocenters. The number of fused-ring (bicyclic) bond motifs is 1. The molecule has 3 heterocycles. The predicted molar refractivity (Wildman–Crippen MR) is 67.9 cm³/mol. The standard InChI is InChI=1S/C12H14BrN3O/c13-10-2-1-5-16-11(14-15-12(10)16)8-9-3-6-17-7-4-9/h1-2,5,9H,3-4,6-8H2. The largest absolute Gasteiger partial charge is 0.381 e. The lowest BCUT2D eigenvalue weighted by atomic mass is 9.96. The van der Waals surface area contributed by atoms with Crippen LogP contribution in [0, 0.1) is 5.92 Å². The highest BCUT2D eigenvalue weighted by molar-refractivity contribution is 9.10. The van der Waals surface area contributed by atoms with Crippen molar-refractivity contribution in [3.05, 3.63) is 28.6 Å². The van der Waals surface area contributed by atoms with Gasteiger partial charge < -0.3 is 4.74 Å². The fraction of sp³-hybridized carbons (Fsp3) is 0.500. The fourth-order valence-electron chi connectivity index (χ4n) is 2.28. The van der Waals surface area contributed by atoms with E-state index in [-0.39, 0.29) is 0 Å². The summed E-state index contributed by atoms with van der Waals surface area (Å²) >= 11 is 3.49. The second-order valence-corrected chi connectivity index (χ2v) is 5.28. The van der Waals surface area contributed by atoms with Crippen molar-refractivity contribution >= 4 is 21.6 Å². The van der Waals surface area contributed by atoms with Crippen molar-refractivity contribution in [2.45, 2.75) is 19.3 Å². The molecule has 1 saturated heterocycles. The molecule has 90 valence electrons. The van der Waals surface area contributed by atoms with Crippen LogP contribution in [0.15, 0.2) is 22.8 Å². The first-order valence-electron chi connectivity index (χ1n) is 5.90. The van der Waals surface area contributed by atoms with Crippen molar-refractivity contribution in [2.24, 2.45) is 5.92 Å². The van der Waals surface area contributed by atoms with Crippen molar-refractivity contribution in [2.75, 3.05) is 13.2 Å². The fourth-order valence-corrected chi connectivity index (χ4v) is 2.70. The highest BCUT2D eigenvalue weighted by Gasteiger charge is 2.17. The van der Waals surface area contributed by atoms with Gasteiger partial charge in [0.15, 0.2) is 5.65 Å². The Kier molecular flexibility index (Phi) is 3.11. The lowest BCUT2D eigenvalue weighted by Crippen LogP contribution is -2.18. The van der Waals surface area contributed by atoms with Crippen LogP contribution < -0.4 is 0 Å². The molecule has 0 N–H and O–H groups in total. The molecule has 17 heavy (non-hydrogen) atoms. The molecule has 0 saturated carbocycles. The van der Waals surface area contributed by atoms with E-state index in [4.69, 9.17) is 4.74 Å². The average molecular weight is 296 g/mol. The summed E-state index contributed by atoms with van der Waals surface area (Å²) in [6.07, 6.45) is 5.27. The van der Waals surface area contributed by atoms with Crippen LogP contribution in [0.4, 0.5) is 0 Å². The van der Waals surface area contributed by atoms with Gasteiger partial charge in [0.05, 0.1) is 4.47 Å². The van der Waals surface area contributed by atoms with Gasteiger partial charge in [-0.25, -0.2) is 0 Å². The van der Waals surface area contributed by atoms with Crippen LogP contribution in [0.5, 0.6) is 0 Å². The van der Waals surface area contributed by atoms with Gasteiger partial charge in [0.1, 0.15) is 5.82 Å². The summed E-state index contributed by atoms with van der Waals surface area (Å²) in [5, 5.41) is 8.51. The van der Waals surface area contributed by atoms with E-state index in [0.717, 1.165) is 48.4 Å². The highest BCUT2D eigenvalue weighted by Crippen LogP contribution is 2.21. The second kappa shape index (κ2) is 4.74. The van der Waals surface area contributed by atoms with Gasteiger partial charge in [-0.15, -0.1) is 10.2 Å². The minimum Gasteiger partial charge on any atom is -0.381 e. The summed E-state index contributed by atoms with van der Waals surface area (Å²) in [7, 11) is 0. The molecule has 1 aliphatic rings. The summed E-state index contributed by atoms with van der Waals surface area (Å²) in [5.41, 5.74) is 0.898. The Hall–Kier alpha value is -0.940. The van der Waals surface area contributed by atoms with Gasteiger partial charge in [-0.2, -0.15) is 0 Å². The van der Waals surface area contributed by atoms with Crippen molar-refractivity contribution in [1.82, 2.24) is 14.6 Å². The first kappa shape index (κ1) is 11.2. The number of halogens is 1. The Morgan fingerprint density at radius 2 is 2.18 bits per heavy atom. The predicted octanol–water partition coefficient (Wildman–Crippen LogP) is 2.46. The molecule has 3 rings (SSSR count). The first-order chi connectivity index (χ1) is 8.34. The third-order valence-corrected chi connectivity index (χ3v) is 3.89. The van der Waals surface area contributed by atoms with Crippen LogP contribution in [0.25, 0.3) is 5.65 Å². The Labute approximate surface area is 108 Å². The molecule has 0 atom stereocenters. The van der Waals surface area contributed by atoms with Gasteiger partial charge >= 0.3 is 0 Å². The normalized spacial score (nSPS) is 17.7. The van der Waals surface area contributed by atoms with Crippen molar-refractivity contribution in [3.63, 3.8) is 0 Å². The lowest BCUT2D eigenvalue weighted by molar-refractivity contribution is 0.0659. The summed E-state index contributed by atoms with van der Waals surface area (Å²) < 4.78 is 8.44. The molecular weight excluding hydrogens is 282 g/mol. The SMILES string of the molecule is Brc1cccn2c(CC3CCOCC3)nnc12. The zero-order chi connectivity index (χ0) is 11.7. The van der Waals surface area contributed by atoms with Crippen molar-refractivity contribution in [1.29, 1.82) is 0 Å². The Morgan fingerprint density at radius 1 is 1.35 bits per heavy atom. The number of nitrogens with zero attached hydrogens (tertiary/aromatic N) is 3. The molecular formula is C12H14BrN3O. The number of aromatic nitrogens is 3. The molecule has 1 fully saturated rings. The monoisotopic (exact) mass is 295 g/mol. The molecule has 0 aromatic carbocycles. The number of ether oxygens (including phenoxy) is 1. The van der Waals surface area contributed by atoms with Crippen LogP contribution >= 0.6 is 15.9 Å². The average Bonchev–Trinajstić information content (AvgIpc) is 2.76. The van der Waals surface area contributed by atoms with Crippen LogP contribution in [0.2, 0.25) is 0 Å². The summed E-state index contributed by atoms with van der Waals surface area (Å²) in [6, 6.07) is 4.00. The van der Waals surface area contributed by atoms with E-state index in [1.807, 2.05) is 18.3 Å². The van der Waals surface area contributed by atoms with Gasteiger partial charge in [0, 0.05) is 25.8 Å². The summed E-state index contributed by atoms with van der Waals surface area (Å²) in [5.74, 6) is 1.73. The topological polar surface area (TPSA) is 39.4 Å². The molecule has 0 spiro atoms. The van der Waals surface area contributed by atoms with E-state index in [2.05, 4.69) is 30.5 Å². The molecule has 0 amide bonds. The van der Waals surface area contributed by atoms with E-state index in [1.165, 1.54) is 0 Å². The van der Waals surface area contributed by atoms with E-state index < -0.39 is 0 Å². The first-order valence-corrected chi connectivity index (χ1v) is 6.70. The molecule has 0 radical (unpaired) electrons. The highest BCUT2D eigenvalue weighted by atomic mass is 79.9. The van der Waals surface area contributed by atoms with Crippen LogP contribution in [0.3, 0.4) is 0 Å². The smallest absolute Gasteiger partial charge is 0.175 e. The number of hydrogen-bond acceptors (Lipinski definition) is 3. The van der Waals surface area contributed by atoms with Gasteiger partial charge in [0.25, 0.3) is 0 Å². The summed E-state index contributed by atoms with van der Waals surface area (Å²) in [4.78, 5) is 0. The zero-order valence-corrected chi connectivity index (χ0v) is 11.1. The van der Waals surface area contributed by atoms with Crippen molar-refractivity contribution in [3.8, 4) is 0 Å². The van der Waals surface area contributed by atoms with Crippen LogP contribution in [-0.2, 0) is 11.2 Å². The molecule has 0 bridgehead atoms. The van der Waals surface area contributed by atoms with Gasteiger partial charge in [-0.05, 0) is 46.8 Å². The maximum Gasteiger partial charge on any atom is 0.175 e. The quantitative estimate of drug-likeness (QED) is 0.854. The number of pyridine rings is 1. The van der Waals surface area contributed by atoms with Gasteiger partial charge in [0.2, 0.25) is 0 Å². The molecule has 2 aromatic heterocycles. The van der Waals surface area contributed by atoms with E-state index in [9.17, 15) is 0 Å². The van der Waals surface area contributed by atoms with E-state index >= 15 is 0 Å².